The molecule has 2 amide bonds. The fourth-order valence-corrected chi connectivity index (χ4v) is 3.17. The van der Waals surface area contributed by atoms with Crippen LogP contribution in [-0.2, 0) is 14.4 Å². The largest absolute Gasteiger partial charge is 0.299 e. The number of ketones is 1. The van der Waals surface area contributed by atoms with Crippen LogP contribution in [0.3, 0.4) is 0 Å². The number of rotatable bonds is 4. The van der Waals surface area contributed by atoms with E-state index >= 15 is 0 Å². The number of Topliss-reactive ketones (excluding diaryl/α,β-unsaturated/α-hetero) is 1. The highest BCUT2D eigenvalue weighted by Crippen LogP contribution is 2.36. The van der Waals surface area contributed by atoms with E-state index in [0.29, 0.717) is 6.42 Å². The SMILES string of the molecule is CC(=O)C(C)(C)CC(C)(C)N1C(=O)CC(I)C1=O. The minimum absolute atomic E-state index is 0.0701. The first-order chi connectivity index (χ1) is 7.99. The molecule has 1 aliphatic heterocycles. The van der Waals surface area contributed by atoms with Gasteiger partial charge in [0.2, 0.25) is 11.8 Å². The van der Waals surface area contributed by atoms with Crippen molar-refractivity contribution >= 4 is 40.2 Å². The van der Waals surface area contributed by atoms with Gasteiger partial charge in [-0.05, 0) is 27.2 Å². The molecule has 1 rings (SSSR count). The van der Waals surface area contributed by atoms with Gasteiger partial charge < -0.3 is 0 Å². The van der Waals surface area contributed by atoms with Crippen LogP contribution in [0, 0.1) is 5.41 Å². The Kier molecular flexibility index (Phi) is 4.25. The van der Waals surface area contributed by atoms with Gasteiger partial charge in [-0.25, -0.2) is 0 Å². The van der Waals surface area contributed by atoms with Crippen LogP contribution in [0.5, 0.6) is 0 Å². The van der Waals surface area contributed by atoms with Crippen LogP contribution in [0.2, 0.25) is 0 Å². The molecule has 18 heavy (non-hydrogen) atoms. The fourth-order valence-electron chi connectivity index (χ4n) is 2.52. The van der Waals surface area contributed by atoms with Crippen molar-refractivity contribution in [1.29, 1.82) is 0 Å². The summed E-state index contributed by atoms with van der Waals surface area (Å²) in [6, 6.07) is 0. The van der Waals surface area contributed by atoms with Crippen molar-refractivity contribution in [2.75, 3.05) is 0 Å². The Hall–Kier alpha value is -0.460. The summed E-state index contributed by atoms with van der Waals surface area (Å²) in [5, 5.41) is 0. The molecule has 0 aromatic carbocycles. The smallest absolute Gasteiger partial charge is 0.243 e. The Labute approximate surface area is 122 Å². The summed E-state index contributed by atoms with van der Waals surface area (Å²) in [7, 11) is 0. The summed E-state index contributed by atoms with van der Waals surface area (Å²) in [5.74, 6) is -0.200. The molecule has 0 saturated carbocycles. The molecule has 1 saturated heterocycles. The Balaban J connectivity index is 2.97. The maximum Gasteiger partial charge on any atom is 0.243 e. The molecule has 1 fully saturated rings. The third-order valence-corrected chi connectivity index (χ3v) is 4.50. The lowest BCUT2D eigenvalue weighted by Gasteiger charge is -2.39. The van der Waals surface area contributed by atoms with Gasteiger partial charge in [0, 0.05) is 17.4 Å². The van der Waals surface area contributed by atoms with E-state index in [2.05, 4.69) is 0 Å². The number of hydrogen-bond acceptors (Lipinski definition) is 3. The summed E-state index contributed by atoms with van der Waals surface area (Å²) >= 11 is 2.00. The van der Waals surface area contributed by atoms with Crippen molar-refractivity contribution < 1.29 is 14.4 Å². The highest BCUT2D eigenvalue weighted by atomic mass is 127. The Bertz CT molecular complexity index is 401. The summed E-state index contributed by atoms with van der Waals surface area (Å²) in [5.41, 5.74) is -1.16. The number of hydrogen-bond donors (Lipinski definition) is 0. The second kappa shape index (κ2) is 4.90. The van der Waals surface area contributed by atoms with Crippen LogP contribution >= 0.6 is 22.6 Å². The topological polar surface area (TPSA) is 54.5 Å². The standard InChI is InChI=1S/C13H20INO3/c1-8(16)12(2,3)7-13(4,5)15-10(17)6-9(14)11(15)18/h9H,6-7H2,1-5H3. The van der Waals surface area contributed by atoms with Gasteiger partial charge in [0.25, 0.3) is 0 Å². The number of halogens is 1. The number of amides is 2. The van der Waals surface area contributed by atoms with E-state index < -0.39 is 11.0 Å². The molecular weight excluding hydrogens is 345 g/mol. The van der Waals surface area contributed by atoms with Gasteiger partial charge in [-0.15, -0.1) is 0 Å². The van der Waals surface area contributed by atoms with Gasteiger partial charge in [-0.2, -0.15) is 0 Å². The van der Waals surface area contributed by atoms with Gasteiger partial charge in [0.15, 0.2) is 0 Å². The first-order valence-corrected chi connectivity index (χ1v) is 7.25. The minimum atomic E-state index is -0.622. The molecule has 1 unspecified atom stereocenters. The van der Waals surface area contributed by atoms with Gasteiger partial charge in [0.1, 0.15) is 5.78 Å². The highest BCUT2D eigenvalue weighted by Gasteiger charge is 2.47. The number of carbonyl (C=O) groups excluding carboxylic acids is 3. The van der Waals surface area contributed by atoms with Crippen molar-refractivity contribution in [1.82, 2.24) is 4.90 Å². The maximum absolute atomic E-state index is 12.0. The molecule has 5 heteroatoms. The lowest BCUT2D eigenvalue weighted by atomic mass is 9.77. The molecule has 0 aromatic heterocycles. The zero-order valence-electron chi connectivity index (χ0n) is 11.5. The van der Waals surface area contributed by atoms with Crippen molar-refractivity contribution in [2.24, 2.45) is 5.41 Å². The van der Waals surface area contributed by atoms with Crippen LogP contribution in [0.4, 0.5) is 0 Å². The lowest BCUT2D eigenvalue weighted by molar-refractivity contribution is -0.147. The molecule has 1 atom stereocenters. The van der Waals surface area contributed by atoms with Crippen LogP contribution in [0.1, 0.15) is 47.5 Å². The molecule has 0 aliphatic carbocycles. The number of nitrogens with zero attached hydrogens (tertiary/aromatic N) is 1. The molecule has 1 aliphatic rings. The van der Waals surface area contributed by atoms with Crippen LogP contribution in [0.25, 0.3) is 0 Å². The van der Waals surface area contributed by atoms with E-state index in [4.69, 9.17) is 0 Å². The second-order valence-corrected chi connectivity index (χ2v) is 7.67. The summed E-state index contributed by atoms with van der Waals surface area (Å²) in [4.78, 5) is 36.9. The number of likely N-dealkylation sites (tertiary alicyclic amines) is 1. The van der Waals surface area contributed by atoms with E-state index in [1.54, 1.807) is 6.92 Å². The van der Waals surface area contributed by atoms with E-state index in [-0.39, 0.29) is 27.9 Å². The van der Waals surface area contributed by atoms with Gasteiger partial charge in [0.05, 0.1) is 3.92 Å². The molecule has 0 spiro atoms. The number of carbonyl (C=O) groups is 3. The Morgan fingerprint density at radius 1 is 1.33 bits per heavy atom. The molecule has 1 heterocycles. The summed E-state index contributed by atoms with van der Waals surface area (Å²) in [6.45, 7) is 8.95. The minimum Gasteiger partial charge on any atom is -0.299 e. The first kappa shape index (κ1) is 15.6. The number of alkyl halides is 1. The molecule has 102 valence electrons. The Morgan fingerprint density at radius 3 is 2.17 bits per heavy atom. The van der Waals surface area contributed by atoms with E-state index in [1.165, 1.54) is 4.90 Å². The van der Waals surface area contributed by atoms with E-state index in [0.717, 1.165) is 0 Å². The first-order valence-electron chi connectivity index (χ1n) is 6.01. The van der Waals surface area contributed by atoms with Crippen molar-refractivity contribution in [2.45, 2.75) is 56.9 Å². The molecule has 0 N–H and O–H groups in total. The van der Waals surface area contributed by atoms with Crippen LogP contribution < -0.4 is 0 Å². The normalized spacial score (nSPS) is 21.7. The van der Waals surface area contributed by atoms with Crippen LogP contribution in [0.15, 0.2) is 0 Å². The summed E-state index contributed by atoms with van der Waals surface area (Å²) in [6.07, 6.45) is 0.750. The summed E-state index contributed by atoms with van der Waals surface area (Å²) < 4.78 is -0.269. The predicted molar refractivity (Wildman–Crippen MR) is 77.4 cm³/mol. The van der Waals surface area contributed by atoms with Gasteiger partial charge in [-0.1, -0.05) is 36.4 Å². The third-order valence-electron chi connectivity index (χ3n) is 3.52. The average Bonchev–Trinajstić information content (AvgIpc) is 2.38. The molecular formula is C13H20INO3. The third kappa shape index (κ3) is 2.92. The molecule has 0 radical (unpaired) electrons. The maximum atomic E-state index is 12.0. The zero-order valence-corrected chi connectivity index (χ0v) is 13.7. The quantitative estimate of drug-likeness (QED) is 0.437. The van der Waals surface area contributed by atoms with E-state index in [1.807, 2.05) is 50.3 Å². The fraction of sp³-hybridized carbons (Fsp3) is 0.769. The molecule has 4 nitrogen and oxygen atoms in total. The van der Waals surface area contributed by atoms with E-state index in [9.17, 15) is 14.4 Å². The predicted octanol–water partition coefficient (Wildman–Crippen LogP) is 2.33. The highest BCUT2D eigenvalue weighted by molar-refractivity contribution is 14.1. The van der Waals surface area contributed by atoms with Crippen LogP contribution in [-0.4, -0.2) is 32.0 Å². The van der Waals surface area contributed by atoms with Crippen molar-refractivity contribution in [3.8, 4) is 0 Å². The average molecular weight is 365 g/mol. The Morgan fingerprint density at radius 2 is 1.83 bits per heavy atom. The number of imide groups is 1. The van der Waals surface area contributed by atoms with Crippen molar-refractivity contribution in [3.63, 3.8) is 0 Å². The lowest BCUT2D eigenvalue weighted by Crippen LogP contribution is -2.51. The van der Waals surface area contributed by atoms with Gasteiger partial charge >= 0.3 is 0 Å². The molecule has 0 aromatic rings. The second-order valence-electron chi connectivity index (χ2n) is 6.17. The zero-order chi connectivity index (χ0) is 14.3. The van der Waals surface area contributed by atoms with Gasteiger partial charge in [-0.3, -0.25) is 19.3 Å². The molecule has 0 bridgehead atoms. The van der Waals surface area contributed by atoms with Crippen molar-refractivity contribution in [3.05, 3.63) is 0 Å². The monoisotopic (exact) mass is 365 g/mol.